The molecule has 0 radical (unpaired) electrons. The predicted molar refractivity (Wildman–Crippen MR) is 60.9 cm³/mol. The van der Waals surface area contributed by atoms with Gasteiger partial charge in [-0.1, -0.05) is 6.42 Å². The number of aryl methyl sites for hydroxylation is 1. The van der Waals surface area contributed by atoms with E-state index in [-0.39, 0.29) is 0 Å². The Balaban J connectivity index is 1.65. The molecule has 2 aliphatic rings. The van der Waals surface area contributed by atoms with Gasteiger partial charge in [-0.15, -0.1) is 0 Å². The van der Waals surface area contributed by atoms with E-state index < -0.39 is 0 Å². The second-order valence-corrected chi connectivity index (χ2v) is 5.45. The van der Waals surface area contributed by atoms with Crippen molar-refractivity contribution < 1.29 is 4.79 Å². The highest BCUT2D eigenvalue weighted by Gasteiger charge is 2.42. The monoisotopic (exact) mass is 218 g/mol. The Kier molecular flexibility index (Phi) is 2.34. The summed E-state index contributed by atoms with van der Waals surface area (Å²) in [5, 5.41) is 4.11. The Hall–Kier alpha value is -1.12. The van der Waals surface area contributed by atoms with Crippen molar-refractivity contribution in [2.45, 2.75) is 32.1 Å². The summed E-state index contributed by atoms with van der Waals surface area (Å²) in [6.45, 7) is 0. The van der Waals surface area contributed by atoms with Crippen LogP contribution in [0.5, 0.6) is 0 Å². The van der Waals surface area contributed by atoms with Crippen LogP contribution in [0.2, 0.25) is 0 Å². The standard InChI is InChI=1S/C13H18N2O/c1-15-8-10(7-14-15)6-13(16)12-5-9-2-3-11(12)4-9/h7-9,11-12H,2-6H2,1H3. The van der Waals surface area contributed by atoms with Crippen molar-refractivity contribution >= 4 is 5.78 Å². The highest BCUT2D eigenvalue weighted by Crippen LogP contribution is 2.48. The first-order chi connectivity index (χ1) is 7.72. The van der Waals surface area contributed by atoms with Gasteiger partial charge in [0, 0.05) is 25.6 Å². The molecule has 1 heterocycles. The summed E-state index contributed by atoms with van der Waals surface area (Å²) in [7, 11) is 1.89. The summed E-state index contributed by atoms with van der Waals surface area (Å²) >= 11 is 0. The molecule has 3 nitrogen and oxygen atoms in total. The highest BCUT2D eigenvalue weighted by atomic mass is 16.1. The lowest BCUT2D eigenvalue weighted by Gasteiger charge is -2.19. The normalized spacial score (nSPS) is 32.2. The Morgan fingerprint density at radius 3 is 2.94 bits per heavy atom. The van der Waals surface area contributed by atoms with Crippen LogP contribution in [0.25, 0.3) is 0 Å². The van der Waals surface area contributed by atoms with Gasteiger partial charge in [0.2, 0.25) is 0 Å². The molecule has 3 heteroatoms. The van der Waals surface area contributed by atoms with Crippen LogP contribution in [-0.4, -0.2) is 15.6 Å². The Morgan fingerprint density at radius 1 is 1.50 bits per heavy atom. The van der Waals surface area contributed by atoms with E-state index >= 15 is 0 Å². The molecule has 0 N–H and O–H groups in total. The van der Waals surface area contributed by atoms with Crippen molar-refractivity contribution in [2.75, 3.05) is 0 Å². The fourth-order valence-electron chi connectivity index (χ4n) is 3.53. The third-order valence-electron chi connectivity index (χ3n) is 4.29. The smallest absolute Gasteiger partial charge is 0.140 e. The molecule has 3 unspecified atom stereocenters. The molecule has 2 bridgehead atoms. The second-order valence-electron chi connectivity index (χ2n) is 5.45. The molecule has 2 fully saturated rings. The fourth-order valence-corrected chi connectivity index (χ4v) is 3.53. The maximum Gasteiger partial charge on any atom is 0.140 e. The summed E-state index contributed by atoms with van der Waals surface area (Å²) in [4.78, 5) is 12.2. The minimum absolute atomic E-state index is 0.360. The number of carbonyl (C=O) groups excluding carboxylic acids is 1. The van der Waals surface area contributed by atoms with Crippen LogP contribution in [0.3, 0.4) is 0 Å². The number of hydrogen-bond acceptors (Lipinski definition) is 2. The van der Waals surface area contributed by atoms with Crippen molar-refractivity contribution in [1.29, 1.82) is 0 Å². The SMILES string of the molecule is Cn1cc(CC(=O)C2CC3CCC2C3)cn1. The Labute approximate surface area is 95.8 Å². The molecule has 16 heavy (non-hydrogen) atoms. The van der Waals surface area contributed by atoms with E-state index in [0.717, 1.165) is 17.9 Å². The van der Waals surface area contributed by atoms with Crippen molar-refractivity contribution in [1.82, 2.24) is 9.78 Å². The molecule has 2 aliphatic carbocycles. The largest absolute Gasteiger partial charge is 0.299 e. The number of fused-ring (bicyclic) bond motifs is 2. The molecule has 2 saturated carbocycles. The highest BCUT2D eigenvalue weighted by molar-refractivity contribution is 5.83. The summed E-state index contributed by atoms with van der Waals surface area (Å²) in [6.07, 6.45) is 9.46. The second kappa shape index (κ2) is 3.72. The van der Waals surface area contributed by atoms with Gasteiger partial charge in [0.1, 0.15) is 5.78 Å². The Bertz CT molecular complexity index is 410. The molecule has 0 saturated heterocycles. The van der Waals surface area contributed by atoms with E-state index in [1.54, 1.807) is 4.68 Å². The number of Topliss-reactive ketones (excluding diaryl/α,β-unsaturated/α-hetero) is 1. The number of ketones is 1. The first kappa shape index (κ1) is 10.1. The summed E-state index contributed by atoms with van der Waals surface area (Å²) in [6, 6.07) is 0. The number of carbonyl (C=O) groups is 1. The van der Waals surface area contributed by atoms with E-state index in [0.29, 0.717) is 24.0 Å². The van der Waals surface area contributed by atoms with Crippen LogP contribution < -0.4 is 0 Å². The lowest BCUT2D eigenvalue weighted by molar-refractivity contribution is -0.123. The van der Waals surface area contributed by atoms with E-state index in [4.69, 9.17) is 0 Å². The summed E-state index contributed by atoms with van der Waals surface area (Å²) < 4.78 is 1.77. The molecule has 1 aromatic heterocycles. The van der Waals surface area contributed by atoms with Crippen LogP contribution in [0.1, 0.15) is 31.2 Å². The van der Waals surface area contributed by atoms with Crippen molar-refractivity contribution in [3.05, 3.63) is 18.0 Å². The van der Waals surface area contributed by atoms with Crippen LogP contribution in [0.15, 0.2) is 12.4 Å². The fraction of sp³-hybridized carbons (Fsp3) is 0.692. The zero-order chi connectivity index (χ0) is 11.1. The summed E-state index contributed by atoms with van der Waals surface area (Å²) in [5.74, 6) is 2.36. The minimum Gasteiger partial charge on any atom is -0.299 e. The molecule has 1 aromatic rings. The number of hydrogen-bond donors (Lipinski definition) is 0. The van der Waals surface area contributed by atoms with Crippen molar-refractivity contribution in [3.63, 3.8) is 0 Å². The number of aromatic nitrogens is 2. The lowest BCUT2D eigenvalue weighted by atomic mass is 9.84. The predicted octanol–water partition coefficient (Wildman–Crippen LogP) is 1.97. The zero-order valence-electron chi connectivity index (χ0n) is 9.72. The molecule has 3 atom stereocenters. The average Bonchev–Trinajstić information content (AvgIpc) is 2.93. The van der Waals surface area contributed by atoms with Crippen LogP contribution >= 0.6 is 0 Å². The molecular formula is C13H18N2O. The molecule has 0 amide bonds. The first-order valence-electron chi connectivity index (χ1n) is 6.22. The third kappa shape index (κ3) is 1.68. The minimum atomic E-state index is 0.360. The van der Waals surface area contributed by atoms with Gasteiger partial charge < -0.3 is 0 Å². The third-order valence-corrected chi connectivity index (χ3v) is 4.29. The number of rotatable bonds is 3. The molecule has 0 spiro atoms. The van der Waals surface area contributed by atoms with Crippen molar-refractivity contribution in [2.24, 2.45) is 24.8 Å². The maximum atomic E-state index is 12.2. The van der Waals surface area contributed by atoms with Gasteiger partial charge in [0.05, 0.1) is 6.20 Å². The van der Waals surface area contributed by atoms with E-state index in [1.807, 2.05) is 19.4 Å². The number of nitrogens with zero attached hydrogens (tertiary/aromatic N) is 2. The molecule has 0 aliphatic heterocycles. The van der Waals surface area contributed by atoms with Crippen LogP contribution in [-0.2, 0) is 18.3 Å². The van der Waals surface area contributed by atoms with Gasteiger partial charge in [-0.2, -0.15) is 5.10 Å². The topological polar surface area (TPSA) is 34.9 Å². The van der Waals surface area contributed by atoms with E-state index in [2.05, 4.69) is 5.10 Å². The summed E-state index contributed by atoms with van der Waals surface area (Å²) in [5.41, 5.74) is 1.07. The first-order valence-corrected chi connectivity index (χ1v) is 6.22. The quantitative estimate of drug-likeness (QED) is 0.777. The molecular weight excluding hydrogens is 200 g/mol. The van der Waals surface area contributed by atoms with Gasteiger partial charge in [0.15, 0.2) is 0 Å². The lowest BCUT2D eigenvalue weighted by Crippen LogP contribution is -2.22. The van der Waals surface area contributed by atoms with Crippen molar-refractivity contribution in [3.8, 4) is 0 Å². The van der Waals surface area contributed by atoms with Crippen LogP contribution in [0.4, 0.5) is 0 Å². The molecule has 3 rings (SSSR count). The maximum absolute atomic E-state index is 12.2. The Morgan fingerprint density at radius 2 is 2.38 bits per heavy atom. The van der Waals surface area contributed by atoms with Gasteiger partial charge in [-0.25, -0.2) is 0 Å². The van der Waals surface area contributed by atoms with E-state index in [9.17, 15) is 4.79 Å². The van der Waals surface area contributed by atoms with Crippen LogP contribution in [0, 0.1) is 17.8 Å². The molecule has 86 valence electrons. The van der Waals surface area contributed by atoms with E-state index in [1.165, 1.54) is 19.3 Å². The average molecular weight is 218 g/mol. The van der Waals surface area contributed by atoms with Gasteiger partial charge in [-0.05, 0) is 36.7 Å². The van der Waals surface area contributed by atoms with Gasteiger partial charge in [0.25, 0.3) is 0 Å². The van der Waals surface area contributed by atoms with Gasteiger partial charge >= 0.3 is 0 Å². The molecule has 0 aromatic carbocycles. The zero-order valence-corrected chi connectivity index (χ0v) is 9.72. The van der Waals surface area contributed by atoms with Gasteiger partial charge in [-0.3, -0.25) is 9.48 Å².